The zero-order valence-electron chi connectivity index (χ0n) is 15.0. The molecule has 24 heavy (non-hydrogen) atoms. The fraction of sp³-hybridized carbons (Fsp3) is 0.217. The number of aryl methyl sites for hydroxylation is 1. The lowest BCUT2D eigenvalue weighted by Crippen LogP contribution is -2.16. The standard InChI is InChI=1S/C23H27N/c1-16(2)23(19(5)24-6)15-18(4)20-11-13-22(14-12-20)21-9-7-17(3)8-10-21/h7-14,23-24H,1,4-5,15H2,2-3,6H3. The van der Waals surface area contributed by atoms with Crippen molar-refractivity contribution < 1.29 is 0 Å². The van der Waals surface area contributed by atoms with Crippen LogP contribution < -0.4 is 5.32 Å². The van der Waals surface area contributed by atoms with Crippen LogP contribution in [0.1, 0.15) is 24.5 Å². The Kier molecular flexibility index (Phi) is 5.81. The molecule has 0 aromatic heterocycles. The van der Waals surface area contributed by atoms with Gasteiger partial charge in [-0.25, -0.2) is 0 Å². The summed E-state index contributed by atoms with van der Waals surface area (Å²) in [5.74, 6) is 0.208. The summed E-state index contributed by atoms with van der Waals surface area (Å²) in [4.78, 5) is 0. The van der Waals surface area contributed by atoms with Gasteiger partial charge in [-0.3, -0.25) is 0 Å². The molecule has 0 spiro atoms. The summed E-state index contributed by atoms with van der Waals surface area (Å²) in [5, 5.41) is 3.14. The monoisotopic (exact) mass is 317 g/mol. The zero-order valence-corrected chi connectivity index (χ0v) is 15.0. The van der Waals surface area contributed by atoms with Crippen molar-refractivity contribution in [2.75, 3.05) is 7.05 Å². The summed E-state index contributed by atoms with van der Waals surface area (Å²) in [6.07, 6.45) is 0.832. The second kappa shape index (κ2) is 7.83. The minimum Gasteiger partial charge on any atom is -0.391 e. The van der Waals surface area contributed by atoms with Gasteiger partial charge in [0.1, 0.15) is 0 Å². The smallest absolute Gasteiger partial charge is 0.0225 e. The summed E-state index contributed by atoms with van der Waals surface area (Å²) in [6, 6.07) is 17.2. The molecule has 1 heteroatoms. The maximum Gasteiger partial charge on any atom is 0.0225 e. The van der Waals surface area contributed by atoms with Crippen LogP contribution in [0.25, 0.3) is 16.7 Å². The third-order valence-corrected chi connectivity index (χ3v) is 4.47. The lowest BCUT2D eigenvalue weighted by molar-refractivity contribution is 0.684. The summed E-state index contributed by atoms with van der Waals surface area (Å²) in [5.41, 5.74) is 8.10. The average molecular weight is 317 g/mol. The predicted octanol–water partition coefficient (Wildman–Crippen LogP) is 5.99. The second-order valence-electron chi connectivity index (χ2n) is 6.43. The molecule has 124 valence electrons. The summed E-state index contributed by atoms with van der Waals surface area (Å²) >= 11 is 0. The number of rotatable bonds is 7. The van der Waals surface area contributed by atoms with Gasteiger partial charge in [0.25, 0.3) is 0 Å². The van der Waals surface area contributed by atoms with Gasteiger partial charge < -0.3 is 5.32 Å². The van der Waals surface area contributed by atoms with Gasteiger partial charge in [-0.2, -0.15) is 0 Å². The van der Waals surface area contributed by atoms with Gasteiger partial charge in [0.05, 0.1) is 0 Å². The van der Waals surface area contributed by atoms with Gasteiger partial charge in [0.15, 0.2) is 0 Å². The molecule has 0 saturated carbocycles. The summed E-state index contributed by atoms with van der Waals surface area (Å²) in [7, 11) is 1.90. The van der Waals surface area contributed by atoms with Gasteiger partial charge in [-0.15, -0.1) is 0 Å². The second-order valence-corrected chi connectivity index (χ2v) is 6.43. The molecule has 0 amide bonds. The Labute approximate surface area is 146 Å². The first-order chi connectivity index (χ1) is 11.4. The lowest BCUT2D eigenvalue weighted by atomic mass is 9.88. The Morgan fingerprint density at radius 1 is 0.917 bits per heavy atom. The van der Waals surface area contributed by atoms with E-state index in [4.69, 9.17) is 0 Å². The predicted molar refractivity (Wildman–Crippen MR) is 107 cm³/mol. The van der Waals surface area contributed by atoms with Crippen LogP contribution in [0.2, 0.25) is 0 Å². The topological polar surface area (TPSA) is 12.0 Å². The highest BCUT2D eigenvalue weighted by Gasteiger charge is 2.15. The third kappa shape index (κ3) is 4.26. The fourth-order valence-corrected chi connectivity index (χ4v) is 2.78. The third-order valence-electron chi connectivity index (χ3n) is 4.47. The van der Waals surface area contributed by atoms with Crippen molar-refractivity contribution in [1.29, 1.82) is 0 Å². The summed E-state index contributed by atoms with van der Waals surface area (Å²) < 4.78 is 0. The van der Waals surface area contributed by atoms with Crippen LogP contribution in [-0.2, 0) is 0 Å². The molecule has 0 bridgehead atoms. The van der Waals surface area contributed by atoms with Crippen LogP contribution in [0, 0.1) is 12.8 Å². The van der Waals surface area contributed by atoms with Crippen molar-refractivity contribution in [3.05, 3.63) is 90.7 Å². The van der Waals surface area contributed by atoms with Crippen LogP contribution in [0.15, 0.2) is 79.5 Å². The van der Waals surface area contributed by atoms with Crippen molar-refractivity contribution in [2.45, 2.75) is 20.3 Å². The first-order valence-electron chi connectivity index (χ1n) is 8.29. The van der Waals surface area contributed by atoms with E-state index in [-0.39, 0.29) is 5.92 Å². The highest BCUT2D eigenvalue weighted by atomic mass is 14.8. The molecule has 0 fully saturated rings. The Hall–Kier alpha value is -2.54. The molecule has 1 atom stereocenters. The molecule has 1 unspecified atom stereocenters. The van der Waals surface area contributed by atoms with E-state index in [2.05, 4.69) is 80.5 Å². The Bertz CT molecular complexity index is 733. The maximum absolute atomic E-state index is 4.27. The molecule has 0 aliphatic rings. The van der Waals surface area contributed by atoms with E-state index in [1.807, 2.05) is 14.0 Å². The SMILES string of the molecule is C=C(CC(C(=C)C)C(=C)NC)c1ccc(-c2ccc(C)cc2)cc1. The number of hydrogen-bond donors (Lipinski definition) is 1. The van der Waals surface area contributed by atoms with E-state index >= 15 is 0 Å². The molecule has 2 aromatic rings. The van der Waals surface area contributed by atoms with Gasteiger partial charge in [-0.05, 0) is 42.5 Å². The average Bonchev–Trinajstić information content (AvgIpc) is 2.59. The van der Waals surface area contributed by atoms with Crippen molar-refractivity contribution in [3.8, 4) is 11.1 Å². The molecule has 1 N–H and O–H groups in total. The Balaban J connectivity index is 2.15. The first kappa shape index (κ1) is 17.8. The van der Waals surface area contributed by atoms with Crippen LogP contribution >= 0.6 is 0 Å². The van der Waals surface area contributed by atoms with Crippen molar-refractivity contribution in [2.24, 2.45) is 5.92 Å². The molecule has 1 nitrogen and oxygen atoms in total. The Morgan fingerprint density at radius 2 is 1.42 bits per heavy atom. The van der Waals surface area contributed by atoms with E-state index in [0.29, 0.717) is 0 Å². The Morgan fingerprint density at radius 3 is 1.88 bits per heavy atom. The van der Waals surface area contributed by atoms with Crippen LogP contribution in [0.4, 0.5) is 0 Å². The molecule has 0 radical (unpaired) electrons. The van der Waals surface area contributed by atoms with Gasteiger partial charge in [0.2, 0.25) is 0 Å². The van der Waals surface area contributed by atoms with Crippen LogP contribution in [0.3, 0.4) is 0 Å². The van der Waals surface area contributed by atoms with Gasteiger partial charge >= 0.3 is 0 Å². The quantitative estimate of drug-likeness (QED) is 0.618. The van der Waals surface area contributed by atoms with Crippen molar-refractivity contribution in [3.63, 3.8) is 0 Å². The normalized spacial score (nSPS) is 11.6. The van der Waals surface area contributed by atoms with Gasteiger partial charge in [0, 0.05) is 18.7 Å². The zero-order chi connectivity index (χ0) is 17.7. The largest absolute Gasteiger partial charge is 0.391 e. The number of allylic oxidation sites excluding steroid dienone is 2. The number of hydrogen-bond acceptors (Lipinski definition) is 1. The van der Waals surface area contributed by atoms with E-state index in [1.54, 1.807) is 0 Å². The summed E-state index contributed by atoms with van der Waals surface area (Å²) in [6.45, 7) is 16.6. The lowest BCUT2D eigenvalue weighted by Gasteiger charge is -2.21. The molecule has 0 saturated heterocycles. The highest BCUT2D eigenvalue weighted by Crippen LogP contribution is 2.29. The van der Waals surface area contributed by atoms with E-state index in [1.165, 1.54) is 22.3 Å². The molecule has 0 heterocycles. The number of benzene rings is 2. The van der Waals surface area contributed by atoms with E-state index < -0.39 is 0 Å². The molecule has 0 aliphatic carbocycles. The minimum atomic E-state index is 0.208. The molecule has 2 aromatic carbocycles. The maximum atomic E-state index is 4.27. The number of nitrogens with one attached hydrogen (secondary N) is 1. The van der Waals surface area contributed by atoms with Crippen molar-refractivity contribution in [1.82, 2.24) is 5.32 Å². The highest BCUT2D eigenvalue weighted by molar-refractivity contribution is 5.70. The van der Waals surface area contributed by atoms with Gasteiger partial charge in [-0.1, -0.05) is 79.4 Å². The van der Waals surface area contributed by atoms with Crippen LogP contribution in [0.5, 0.6) is 0 Å². The van der Waals surface area contributed by atoms with Crippen molar-refractivity contribution >= 4 is 5.57 Å². The minimum absolute atomic E-state index is 0.208. The molecule has 0 aliphatic heterocycles. The van der Waals surface area contributed by atoms with E-state index in [9.17, 15) is 0 Å². The fourth-order valence-electron chi connectivity index (χ4n) is 2.78. The van der Waals surface area contributed by atoms with E-state index in [0.717, 1.165) is 23.3 Å². The van der Waals surface area contributed by atoms with Crippen LogP contribution in [-0.4, -0.2) is 7.05 Å². The molecule has 2 rings (SSSR count). The molecular weight excluding hydrogens is 290 g/mol. The first-order valence-corrected chi connectivity index (χ1v) is 8.29. The molecular formula is C23H27N.